The SMILES string of the molecule is CCNC(=NCCC(=O)Nc1ccc(Br)cc1C)NC1CC1. The molecule has 6 heteroatoms. The summed E-state index contributed by atoms with van der Waals surface area (Å²) in [6.07, 6.45) is 2.78. The maximum atomic E-state index is 12.0. The van der Waals surface area contributed by atoms with Crippen molar-refractivity contribution < 1.29 is 4.79 Å². The van der Waals surface area contributed by atoms with Gasteiger partial charge >= 0.3 is 0 Å². The van der Waals surface area contributed by atoms with E-state index in [1.165, 1.54) is 12.8 Å². The van der Waals surface area contributed by atoms with Gasteiger partial charge in [0.2, 0.25) is 5.91 Å². The van der Waals surface area contributed by atoms with Gasteiger partial charge in [-0.15, -0.1) is 0 Å². The van der Waals surface area contributed by atoms with E-state index in [-0.39, 0.29) is 5.91 Å². The zero-order chi connectivity index (χ0) is 15.9. The highest BCUT2D eigenvalue weighted by Gasteiger charge is 2.22. The summed E-state index contributed by atoms with van der Waals surface area (Å²) < 4.78 is 1.01. The predicted octanol–water partition coefficient (Wildman–Crippen LogP) is 2.80. The number of aliphatic imine (C=N–C) groups is 1. The van der Waals surface area contributed by atoms with E-state index in [9.17, 15) is 4.79 Å². The number of carbonyl (C=O) groups is 1. The monoisotopic (exact) mass is 366 g/mol. The maximum absolute atomic E-state index is 12.0. The molecule has 22 heavy (non-hydrogen) atoms. The number of halogens is 1. The van der Waals surface area contributed by atoms with Gasteiger partial charge in [-0.05, 0) is 50.5 Å². The third-order valence-electron chi connectivity index (χ3n) is 3.33. The standard InChI is InChI=1S/C16H23BrN4O/c1-3-18-16(20-13-5-6-13)19-9-8-15(22)21-14-7-4-12(17)10-11(14)2/h4,7,10,13H,3,5-6,8-9H2,1-2H3,(H,21,22)(H2,18,19,20). The minimum absolute atomic E-state index is 0.0172. The summed E-state index contributed by atoms with van der Waals surface area (Å²) in [5, 5.41) is 9.45. The summed E-state index contributed by atoms with van der Waals surface area (Å²) in [4.78, 5) is 16.4. The van der Waals surface area contributed by atoms with Crippen LogP contribution in [0.2, 0.25) is 0 Å². The van der Waals surface area contributed by atoms with Crippen LogP contribution in [0.15, 0.2) is 27.7 Å². The van der Waals surface area contributed by atoms with Crippen molar-refractivity contribution in [3.05, 3.63) is 28.2 Å². The van der Waals surface area contributed by atoms with E-state index in [1.807, 2.05) is 32.0 Å². The van der Waals surface area contributed by atoms with Gasteiger partial charge < -0.3 is 16.0 Å². The first kappa shape index (κ1) is 16.8. The quantitative estimate of drug-likeness (QED) is 0.535. The molecule has 0 heterocycles. The van der Waals surface area contributed by atoms with Gasteiger partial charge in [-0.25, -0.2) is 0 Å². The van der Waals surface area contributed by atoms with Crippen molar-refractivity contribution in [3.63, 3.8) is 0 Å². The number of aryl methyl sites for hydroxylation is 1. The highest BCUT2D eigenvalue weighted by atomic mass is 79.9. The average molecular weight is 367 g/mol. The number of nitrogens with one attached hydrogen (secondary N) is 3. The number of carbonyl (C=O) groups excluding carboxylic acids is 1. The van der Waals surface area contributed by atoms with Crippen molar-refractivity contribution in [2.45, 2.75) is 39.2 Å². The van der Waals surface area contributed by atoms with Crippen LogP contribution in [0.1, 0.15) is 31.7 Å². The molecule has 1 aromatic carbocycles. The largest absolute Gasteiger partial charge is 0.357 e. The van der Waals surface area contributed by atoms with Crippen molar-refractivity contribution >= 4 is 33.5 Å². The first-order chi connectivity index (χ1) is 10.6. The van der Waals surface area contributed by atoms with Crippen LogP contribution in [-0.2, 0) is 4.79 Å². The minimum atomic E-state index is -0.0172. The molecule has 1 fully saturated rings. The first-order valence-corrected chi connectivity index (χ1v) is 8.48. The molecule has 1 saturated carbocycles. The van der Waals surface area contributed by atoms with Crippen molar-refractivity contribution in [2.75, 3.05) is 18.4 Å². The molecule has 1 aromatic rings. The second-order valence-corrected chi connectivity index (χ2v) is 6.35. The molecular formula is C16H23BrN4O. The summed E-state index contributed by atoms with van der Waals surface area (Å²) in [6, 6.07) is 6.36. The van der Waals surface area contributed by atoms with Crippen LogP contribution in [0.3, 0.4) is 0 Å². The van der Waals surface area contributed by atoms with Crippen LogP contribution in [0.25, 0.3) is 0 Å². The van der Waals surface area contributed by atoms with Crippen LogP contribution in [0.4, 0.5) is 5.69 Å². The van der Waals surface area contributed by atoms with E-state index >= 15 is 0 Å². The van der Waals surface area contributed by atoms with E-state index in [0.29, 0.717) is 19.0 Å². The first-order valence-electron chi connectivity index (χ1n) is 7.69. The Labute approximate surface area is 140 Å². The predicted molar refractivity (Wildman–Crippen MR) is 94.3 cm³/mol. The molecule has 0 unspecified atom stereocenters. The van der Waals surface area contributed by atoms with Crippen molar-refractivity contribution in [1.82, 2.24) is 10.6 Å². The molecule has 0 bridgehead atoms. The molecule has 120 valence electrons. The summed E-state index contributed by atoms with van der Waals surface area (Å²) >= 11 is 3.42. The average Bonchev–Trinajstić information content (AvgIpc) is 3.26. The number of amides is 1. The fourth-order valence-corrected chi connectivity index (χ4v) is 2.47. The van der Waals surface area contributed by atoms with E-state index < -0.39 is 0 Å². The highest BCUT2D eigenvalue weighted by Crippen LogP contribution is 2.20. The lowest BCUT2D eigenvalue weighted by Gasteiger charge is -2.10. The van der Waals surface area contributed by atoms with Gasteiger partial charge in [0.25, 0.3) is 0 Å². The van der Waals surface area contributed by atoms with Crippen LogP contribution in [-0.4, -0.2) is 31.0 Å². The summed E-state index contributed by atoms with van der Waals surface area (Å²) in [5.74, 6) is 0.786. The molecule has 0 atom stereocenters. The van der Waals surface area contributed by atoms with Crippen molar-refractivity contribution in [2.24, 2.45) is 4.99 Å². The van der Waals surface area contributed by atoms with E-state index in [0.717, 1.165) is 28.2 Å². The molecule has 0 spiro atoms. The molecular weight excluding hydrogens is 344 g/mol. The molecule has 0 radical (unpaired) electrons. The number of hydrogen-bond acceptors (Lipinski definition) is 2. The highest BCUT2D eigenvalue weighted by molar-refractivity contribution is 9.10. The Kier molecular flexibility index (Phi) is 6.24. The third kappa shape index (κ3) is 5.67. The van der Waals surface area contributed by atoms with Gasteiger partial charge in [0, 0.05) is 29.2 Å². The number of rotatable bonds is 6. The lowest BCUT2D eigenvalue weighted by atomic mass is 10.2. The topological polar surface area (TPSA) is 65.5 Å². The normalized spacial score (nSPS) is 14.6. The number of benzene rings is 1. The summed E-state index contributed by atoms with van der Waals surface area (Å²) in [6.45, 7) is 5.31. The Morgan fingerprint density at radius 3 is 2.82 bits per heavy atom. The zero-order valence-corrected chi connectivity index (χ0v) is 14.7. The lowest BCUT2D eigenvalue weighted by Crippen LogP contribution is -2.38. The molecule has 2 rings (SSSR count). The van der Waals surface area contributed by atoms with Crippen LogP contribution >= 0.6 is 15.9 Å². The molecule has 1 amide bonds. The van der Waals surface area contributed by atoms with E-state index in [4.69, 9.17) is 0 Å². The fraction of sp³-hybridized carbons (Fsp3) is 0.500. The Hall–Kier alpha value is -1.56. The molecule has 0 aliphatic heterocycles. The Bertz CT molecular complexity index is 555. The number of anilines is 1. The second kappa shape index (κ2) is 8.17. The molecule has 5 nitrogen and oxygen atoms in total. The molecule has 3 N–H and O–H groups in total. The van der Waals surface area contributed by atoms with Crippen molar-refractivity contribution in [1.29, 1.82) is 0 Å². The van der Waals surface area contributed by atoms with Gasteiger partial charge in [0.1, 0.15) is 0 Å². The van der Waals surface area contributed by atoms with Crippen LogP contribution < -0.4 is 16.0 Å². The molecule has 0 saturated heterocycles. The number of guanidine groups is 1. The van der Waals surface area contributed by atoms with Gasteiger partial charge in [-0.3, -0.25) is 9.79 Å². The Morgan fingerprint density at radius 2 is 2.18 bits per heavy atom. The van der Waals surface area contributed by atoms with Gasteiger partial charge in [-0.1, -0.05) is 15.9 Å². The smallest absolute Gasteiger partial charge is 0.226 e. The summed E-state index contributed by atoms with van der Waals surface area (Å²) in [5.41, 5.74) is 1.88. The van der Waals surface area contributed by atoms with E-state index in [2.05, 4.69) is 36.9 Å². The van der Waals surface area contributed by atoms with Gasteiger partial charge in [0.05, 0.1) is 6.54 Å². The maximum Gasteiger partial charge on any atom is 0.226 e. The van der Waals surface area contributed by atoms with E-state index in [1.54, 1.807) is 0 Å². The molecule has 1 aliphatic rings. The zero-order valence-electron chi connectivity index (χ0n) is 13.1. The Balaban J connectivity index is 1.80. The van der Waals surface area contributed by atoms with Gasteiger partial charge in [-0.2, -0.15) is 0 Å². The fourth-order valence-electron chi connectivity index (χ4n) is 1.99. The lowest BCUT2D eigenvalue weighted by molar-refractivity contribution is -0.116. The third-order valence-corrected chi connectivity index (χ3v) is 3.83. The number of nitrogens with zero attached hydrogens (tertiary/aromatic N) is 1. The molecule has 1 aliphatic carbocycles. The van der Waals surface area contributed by atoms with Crippen LogP contribution in [0, 0.1) is 6.92 Å². The number of hydrogen-bond donors (Lipinski definition) is 3. The Morgan fingerprint density at radius 1 is 1.41 bits per heavy atom. The second-order valence-electron chi connectivity index (χ2n) is 5.44. The van der Waals surface area contributed by atoms with Crippen molar-refractivity contribution in [3.8, 4) is 0 Å². The minimum Gasteiger partial charge on any atom is -0.357 e. The molecule has 0 aromatic heterocycles. The van der Waals surface area contributed by atoms with Gasteiger partial charge in [0.15, 0.2) is 5.96 Å². The summed E-state index contributed by atoms with van der Waals surface area (Å²) in [7, 11) is 0. The van der Waals surface area contributed by atoms with Crippen LogP contribution in [0.5, 0.6) is 0 Å².